The van der Waals surface area contributed by atoms with E-state index in [4.69, 9.17) is 0 Å². The highest BCUT2D eigenvalue weighted by atomic mass is 32.1. The molecule has 0 aliphatic carbocycles. The first-order valence-corrected chi connectivity index (χ1v) is 7.82. The van der Waals surface area contributed by atoms with Gasteiger partial charge in [-0.15, -0.1) is 17.9 Å². The van der Waals surface area contributed by atoms with Crippen LogP contribution in [-0.4, -0.2) is 9.13 Å². The van der Waals surface area contributed by atoms with Crippen LogP contribution in [0.5, 0.6) is 0 Å². The number of hydrogen-bond acceptors (Lipinski definition) is 3. The van der Waals surface area contributed by atoms with Crippen LogP contribution >= 0.6 is 11.3 Å². The van der Waals surface area contributed by atoms with Crippen LogP contribution in [0.4, 0.5) is 0 Å². The van der Waals surface area contributed by atoms with Gasteiger partial charge in [-0.25, -0.2) is 4.79 Å². The van der Waals surface area contributed by atoms with Crippen LogP contribution in [0.2, 0.25) is 0 Å². The maximum atomic E-state index is 12.7. The van der Waals surface area contributed by atoms with E-state index < -0.39 is 0 Å². The Morgan fingerprint density at radius 1 is 1.18 bits per heavy atom. The van der Waals surface area contributed by atoms with Gasteiger partial charge in [0.05, 0.1) is 11.9 Å². The maximum Gasteiger partial charge on any atom is 0.332 e. The van der Waals surface area contributed by atoms with E-state index in [0.29, 0.717) is 11.9 Å². The lowest BCUT2D eigenvalue weighted by Gasteiger charge is -2.10. The molecule has 3 rings (SSSR count). The minimum Gasteiger partial charge on any atom is -0.280 e. The average Bonchev–Trinajstić information content (AvgIpc) is 2.91. The molecule has 0 atom stereocenters. The van der Waals surface area contributed by atoms with Gasteiger partial charge in [-0.2, -0.15) is 0 Å². The van der Waals surface area contributed by atoms with Crippen molar-refractivity contribution in [3.63, 3.8) is 0 Å². The quantitative estimate of drug-likeness (QED) is 0.695. The first-order chi connectivity index (χ1) is 10.6. The van der Waals surface area contributed by atoms with E-state index in [-0.39, 0.29) is 17.8 Å². The van der Waals surface area contributed by atoms with Crippen molar-refractivity contribution in [2.24, 2.45) is 0 Å². The summed E-state index contributed by atoms with van der Waals surface area (Å²) >= 11 is 1.46. The summed E-state index contributed by atoms with van der Waals surface area (Å²) < 4.78 is 2.91. The van der Waals surface area contributed by atoms with Crippen molar-refractivity contribution in [1.29, 1.82) is 0 Å². The van der Waals surface area contributed by atoms with Crippen LogP contribution in [0, 0.1) is 6.92 Å². The molecule has 2 heterocycles. The van der Waals surface area contributed by atoms with Gasteiger partial charge in [-0.3, -0.25) is 13.9 Å². The molecule has 0 spiro atoms. The molecule has 0 bridgehead atoms. The Bertz CT molecular complexity index is 948. The second-order valence-corrected chi connectivity index (χ2v) is 6.37. The van der Waals surface area contributed by atoms with Crippen LogP contribution in [0.1, 0.15) is 10.4 Å². The lowest BCUT2D eigenvalue weighted by molar-refractivity contribution is 0.643. The highest BCUT2D eigenvalue weighted by Crippen LogP contribution is 2.21. The van der Waals surface area contributed by atoms with Gasteiger partial charge >= 0.3 is 5.69 Å². The second kappa shape index (κ2) is 5.77. The molecule has 0 amide bonds. The molecule has 0 aliphatic heterocycles. The number of hydrogen-bond donors (Lipinski definition) is 0. The number of aryl methyl sites for hydroxylation is 1. The van der Waals surface area contributed by atoms with Crippen molar-refractivity contribution in [3.8, 4) is 0 Å². The van der Waals surface area contributed by atoms with Crippen molar-refractivity contribution in [2.45, 2.75) is 20.0 Å². The van der Waals surface area contributed by atoms with Crippen molar-refractivity contribution in [3.05, 3.63) is 80.3 Å². The number of fused-ring (bicyclic) bond motifs is 1. The summed E-state index contributed by atoms with van der Waals surface area (Å²) in [4.78, 5) is 27.1. The summed E-state index contributed by atoms with van der Waals surface area (Å²) in [5.74, 6) is 0. The van der Waals surface area contributed by atoms with Gasteiger partial charge in [0, 0.05) is 11.4 Å². The molecule has 0 saturated carbocycles. The fourth-order valence-corrected chi connectivity index (χ4v) is 3.52. The molecular weight excluding hydrogens is 296 g/mol. The Kier molecular flexibility index (Phi) is 3.81. The van der Waals surface area contributed by atoms with E-state index >= 15 is 0 Å². The largest absolute Gasteiger partial charge is 0.332 e. The van der Waals surface area contributed by atoms with Gasteiger partial charge in [0.25, 0.3) is 5.56 Å². The van der Waals surface area contributed by atoms with Crippen molar-refractivity contribution >= 4 is 21.6 Å². The van der Waals surface area contributed by atoms with E-state index in [1.165, 1.54) is 15.9 Å². The topological polar surface area (TPSA) is 44.0 Å². The van der Waals surface area contributed by atoms with Gasteiger partial charge in [0.2, 0.25) is 0 Å². The number of nitrogens with zero attached hydrogens (tertiary/aromatic N) is 2. The molecule has 22 heavy (non-hydrogen) atoms. The zero-order valence-electron chi connectivity index (χ0n) is 12.3. The Labute approximate surface area is 131 Å². The molecule has 0 fully saturated rings. The monoisotopic (exact) mass is 312 g/mol. The molecule has 4 nitrogen and oxygen atoms in total. The maximum absolute atomic E-state index is 12.7. The average molecular weight is 312 g/mol. The smallest absolute Gasteiger partial charge is 0.280 e. The summed E-state index contributed by atoms with van der Waals surface area (Å²) in [5, 5.41) is 0.597. The zero-order chi connectivity index (χ0) is 15.7. The van der Waals surface area contributed by atoms with E-state index in [1.807, 2.05) is 43.3 Å². The molecule has 5 heteroatoms. The second-order valence-electron chi connectivity index (χ2n) is 5.13. The highest BCUT2D eigenvalue weighted by Gasteiger charge is 2.14. The van der Waals surface area contributed by atoms with Crippen molar-refractivity contribution < 1.29 is 0 Å². The molecule has 3 aromatic rings. The minimum atomic E-state index is -0.289. The predicted octanol–water partition coefficient (Wildman–Crippen LogP) is 2.77. The lowest BCUT2D eigenvalue weighted by Crippen LogP contribution is -2.39. The van der Waals surface area contributed by atoms with Gasteiger partial charge < -0.3 is 0 Å². The molecule has 0 radical (unpaired) electrons. The summed E-state index contributed by atoms with van der Waals surface area (Å²) in [5.41, 5.74) is 0.412. The predicted molar refractivity (Wildman–Crippen MR) is 90.8 cm³/mol. The first-order valence-electron chi connectivity index (χ1n) is 7.00. The summed E-state index contributed by atoms with van der Waals surface area (Å²) in [6, 6.07) is 11.4. The molecule has 0 unspecified atom stereocenters. The number of allylic oxidation sites excluding steroid dienone is 1. The van der Waals surface area contributed by atoms with Crippen molar-refractivity contribution in [2.75, 3.05) is 0 Å². The Morgan fingerprint density at radius 3 is 2.59 bits per heavy atom. The Balaban J connectivity index is 2.28. The van der Waals surface area contributed by atoms with Gasteiger partial charge in [0.1, 0.15) is 4.83 Å². The van der Waals surface area contributed by atoms with Crippen molar-refractivity contribution in [1.82, 2.24) is 9.13 Å². The Hall–Kier alpha value is -2.40. The number of benzene rings is 1. The Morgan fingerprint density at radius 2 is 1.91 bits per heavy atom. The summed E-state index contributed by atoms with van der Waals surface area (Å²) in [6.45, 7) is 6.31. The number of aromatic nitrogens is 2. The molecule has 0 N–H and O–H groups in total. The first kappa shape index (κ1) is 14.5. The number of thiophene rings is 1. The third kappa shape index (κ3) is 2.44. The molecular formula is C17H16N2O2S. The molecule has 1 aromatic carbocycles. The number of rotatable bonds is 4. The van der Waals surface area contributed by atoms with Crippen LogP contribution in [0.15, 0.2) is 58.6 Å². The van der Waals surface area contributed by atoms with Gasteiger partial charge in [-0.1, -0.05) is 36.4 Å². The lowest BCUT2D eigenvalue weighted by atomic mass is 10.2. The molecule has 2 aromatic heterocycles. The van der Waals surface area contributed by atoms with E-state index in [2.05, 4.69) is 6.58 Å². The van der Waals surface area contributed by atoms with Crippen LogP contribution in [-0.2, 0) is 13.1 Å². The van der Waals surface area contributed by atoms with E-state index in [9.17, 15) is 9.59 Å². The fourth-order valence-electron chi connectivity index (χ4n) is 2.52. The third-order valence-corrected chi connectivity index (χ3v) is 4.59. The van der Waals surface area contributed by atoms with Gasteiger partial charge in [0.15, 0.2) is 0 Å². The summed E-state index contributed by atoms with van der Waals surface area (Å²) in [7, 11) is 0. The standard InChI is InChI=1S/C17H16N2O2S/c1-3-9-18-16-14(10-12(2)22-16)15(20)19(17(18)21)11-13-7-5-4-6-8-13/h3-8,10H,1,9,11H2,2H3. The summed E-state index contributed by atoms with van der Waals surface area (Å²) in [6.07, 6.45) is 1.67. The third-order valence-electron chi connectivity index (χ3n) is 3.51. The normalized spacial score (nSPS) is 11.0. The van der Waals surface area contributed by atoms with E-state index in [1.54, 1.807) is 10.6 Å². The highest BCUT2D eigenvalue weighted by molar-refractivity contribution is 7.18. The van der Waals surface area contributed by atoms with Crippen LogP contribution < -0.4 is 11.2 Å². The molecule has 112 valence electrons. The zero-order valence-corrected chi connectivity index (χ0v) is 13.1. The van der Waals surface area contributed by atoms with Crippen LogP contribution in [0.3, 0.4) is 0 Å². The minimum absolute atomic E-state index is 0.228. The molecule has 0 saturated heterocycles. The van der Waals surface area contributed by atoms with Gasteiger partial charge in [-0.05, 0) is 18.6 Å². The van der Waals surface area contributed by atoms with Crippen LogP contribution in [0.25, 0.3) is 10.2 Å². The SMILES string of the molecule is C=CCn1c(=O)n(Cc2ccccc2)c(=O)c2cc(C)sc21. The van der Waals surface area contributed by atoms with E-state index in [0.717, 1.165) is 15.3 Å². The fraction of sp³-hybridized carbons (Fsp3) is 0.176. The molecule has 0 aliphatic rings.